The molecular formula is C10H15NO2. The molecule has 0 spiro atoms. The first-order chi connectivity index (χ1) is 6.07. The van der Waals surface area contributed by atoms with E-state index in [0.29, 0.717) is 11.3 Å². The number of phenolic OH excluding ortho intramolecular Hbond substituents is 1. The average molecular weight is 181 g/mol. The van der Waals surface area contributed by atoms with Crippen LogP contribution >= 0.6 is 0 Å². The van der Waals surface area contributed by atoms with Crippen LogP contribution in [0.2, 0.25) is 0 Å². The average Bonchev–Trinajstić information content (AvgIpc) is 2.08. The van der Waals surface area contributed by atoms with Crippen LogP contribution in [0.25, 0.3) is 0 Å². The maximum Gasteiger partial charge on any atom is 0.127 e. The molecular weight excluding hydrogens is 166 g/mol. The highest BCUT2D eigenvalue weighted by atomic mass is 16.5. The summed E-state index contributed by atoms with van der Waals surface area (Å²) in [5, 5.41) is 9.72. The molecule has 0 saturated heterocycles. The number of aryl methyl sites for hydroxylation is 1. The number of phenols is 1. The maximum atomic E-state index is 9.72. The van der Waals surface area contributed by atoms with Gasteiger partial charge in [-0.1, -0.05) is 6.07 Å². The molecule has 1 unspecified atom stereocenters. The standard InChI is InChI=1S/C10H15NO2/c1-6-4-5-8(13-3)9(7(2)11)10(6)12/h4-5,7,12H,11H2,1-3H3. The molecule has 3 nitrogen and oxygen atoms in total. The Balaban J connectivity index is 3.32. The van der Waals surface area contributed by atoms with Gasteiger partial charge in [-0.25, -0.2) is 0 Å². The zero-order chi connectivity index (χ0) is 10.0. The van der Waals surface area contributed by atoms with Gasteiger partial charge in [0.2, 0.25) is 0 Å². The van der Waals surface area contributed by atoms with Crippen molar-refractivity contribution in [1.29, 1.82) is 0 Å². The molecule has 0 heterocycles. The van der Waals surface area contributed by atoms with Gasteiger partial charge in [-0.15, -0.1) is 0 Å². The third-order valence-corrected chi connectivity index (χ3v) is 2.05. The van der Waals surface area contributed by atoms with Crippen LogP contribution in [0.15, 0.2) is 12.1 Å². The molecule has 0 amide bonds. The van der Waals surface area contributed by atoms with Crippen molar-refractivity contribution in [2.75, 3.05) is 7.11 Å². The molecule has 3 heteroatoms. The van der Waals surface area contributed by atoms with Crippen LogP contribution in [0.5, 0.6) is 11.5 Å². The van der Waals surface area contributed by atoms with Crippen LogP contribution in [0, 0.1) is 6.92 Å². The minimum atomic E-state index is -0.227. The highest BCUT2D eigenvalue weighted by molar-refractivity contribution is 5.50. The van der Waals surface area contributed by atoms with Crippen molar-refractivity contribution in [1.82, 2.24) is 0 Å². The monoisotopic (exact) mass is 181 g/mol. The molecule has 1 aromatic rings. The molecule has 0 aliphatic rings. The van der Waals surface area contributed by atoms with Gasteiger partial charge in [0.05, 0.1) is 12.7 Å². The molecule has 1 aromatic carbocycles. The van der Waals surface area contributed by atoms with Crippen molar-refractivity contribution in [3.05, 3.63) is 23.3 Å². The van der Waals surface area contributed by atoms with E-state index in [4.69, 9.17) is 10.5 Å². The topological polar surface area (TPSA) is 55.5 Å². The predicted molar refractivity (Wildman–Crippen MR) is 52.0 cm³/mol. The van der Waals surface area contributed by atoms with Gasteiger partial charge in [0.25, 0.3) is 0 Å². The molecule has 0 radical (unpaired) electrons. The Morgan fingerprint density at radius 1 is 1.46 bits per heavy atom. The molecule has 0 aromatic heterocycles. The lowest BCUT2D eigenvalue weighted by Gasteiger charge is -2.14. The van der Waals surface area contributed by atoms with E-state index in [0.717, 1.165) is 5.56 Å². The summed E-state index contributed by atoms with van der Waals surface area (Å²) in [6, 6.07) is 3.39. The molecule has 0 bridgehead atoms. The van der Waals surface area contributed by atoms with E-state index in [1.807, 2.05) is 19.9 Å². The number of aromatic hydroxyl groups is 1. The van der Waals surface area contributed by atoms with Gasteiger partial charge in [-0.2, -0.15) is 0 Å². The van der Waals surface area contributed by atoms with Gasteiger partial charge < -0.3 is 15.6 Å². The predicted octanol–water partition coefficient (Wildman–Crippen LogP) is 1.73. The van der Waals surface area contributed by atoms with E-state index in [1.54, 1.807) is 13.2 Å². The van der Waals surface area contributed by atoms with E-state index >= 15 is 0 Å². The highest BCUT2D eigenvalue weighted by Crippen LogP contribution is 2.34. The Bertz CT molecular complexity index is 308. The Morgan fingerprint density at radius 3 is 2.54 bits per heavy atom. The minimum absolute atomic E-state index is 0.227. The Hall–Kier alpha value is -1.22. The second-order valence-corrected chi connectivity index (χ2v) is 3.14. The number of nitrogens with two attached hydrogens (primary N) is 1. The maximum absolute atomic E-state index is 9.72. The number of rotatable bonds is 2. The van der Waals surface area contributed by atoms with Gasteiger partial charge >= 0.3 is 0 Å². The van der Waals surface area contributed by atoms with Crippen molar-refractivity contribution in [3.63, 3.8) is 0 Å². The molecule has 3 N–H and O–H groups in total. The van der Waals surface area contributed by atoms with Crippen LogP contribution in [0.4, 0.5) is 0 Å². The SMILES string of the molecule is COc1ccc(C)c(O)c1C(C)N. The van der Waals surface area contributed by atoms with Gasteiger partial charge in [-0.3, -0.25) is 0 Å². The van der Waals surface area contributed by atoms with Crippen molar-refractivity contribution in [2.24, 2.45) is 5.73 Å². The van der Waals surface area contributed by atoms with E-state index in [-0.39, 0.29) is 11.8 Å². The summed E-state index contributed by atoms with van der Waals surface area (Å²) >= 11 is 0. The fourth-order valence-electron chi connectivity index (χ4n) is 1.32. The molecule has 1 rings (SSSR count). The lowest BCUT2D eigenvalue weighted by molar-refractivity contribution is 0.394. The molecule has 0 aliphatic heterocycles. The normalized spacial score (nSPS) is 12.6. The van der Waals surface area contributed by atoms with Crippen LogP contribution < -0.4 is 10.5 Å². The second kappa shape index (κ2) is 3.66. The largest absolute Gasteiger partial charge is 0.507 e. The Kier molecular flexibility index (Phi) is 2.78. The first kappa shape index (κ1) is 9.86. The van der Waals surface area contributed by atoms with E-state index in [9.17, 15) is 5.11 Å². The van der Waals surface area contributed by atoms with Crippen molar-refractivity contribution in [2.45, 2.75) is 19.9 Å². The summed E-state index contributed by atoms with van der Waals surface area (Å²) in [5.41, 5.74) is 7.20. The lowest BCUT2D eigenvalue weighted by Crippen LogP contribution is -2.07. The molecule has 1 atom stereocenters. The first-order valence-electron chi connectivity index (χ1n) is 4.20. The van der Waals surface area contributed by atoms with Crippen molar-refractivity contribution >= 4 is 0 Å². The Labute approximate surface area is 78.1 Å². The Morgan fingerprint density at radius 2 is 2.08 bits per heavy atom. The molecule has 0 aliphatic carbocycles. The number of benzene rings is 1. The van der Waals surface area contributed by atoms with Crippen LogP contribution in [0.1, 0.15) is 24.1 Å². The molecule has 72 valence electrons. The van der Waals surface area contributed by atoms with Crippen LogP contribution in [-0.2, 0) is 0 Å². The quantitative estimate of drug-likeness (QED) is 0.730. The zero-order valence-electron chi connectivity index (χ0n) is 8.16. The lowest BCUT2D eigenvalue weighted by atomic mass is 10.0. The van der Waals surface area contributed by atoms with Crippen LogP contribution in [0.3, 0.4) is 0 Å². The number of ether oxygens (including phenoxy) is 1. The molecule has 0 fully saturated rings. The van der Waals surface area contributed by atoms with Gasteiger partial charge in [-0.05, 0) is 25.5 Å². The van der Waals surface area contributed by atoms with Crippen molar-refractivity contribution < 1.29 is 9.84 Å². The number of methoxy groups -OCH3 is 1. The summed E-state index contributed by atoms with van der Waals surface area (Å²) in [6.07, 6.45) is 0. The van der Waals surface area contributed by atoms with Gasteiger partial charge in [0.1, 0.15) is 11.5 Å². The highest BCUT2D eigenvalue weighted by Gasteiger charge is 2.14. The summed E-state index contributed by atoms with van der Waals surface area (Å²) in [7, 11) is 1.57. The number of hydrogen-bond donors (Lipinski definition) is 2. The number of hydrogen-bond acceptors (Lipinski definition) is 3. The van der Waals surface area contributed by atoms with Gasteiger partial charge in [0, 0.05) is 6.04 Å². The second-order valence-electron chi connectivity index (χ2n) is 3.14. The van der Waals surface area contributed by atoms with E-state index in [2.05, 4.69) is 0 Å². The van der Waals surface area contributed by atoms with Crippen LogP contribution in [-0.4, -0.2) is 12.2 Å². The van der Waals surface area contributed by atoms with Gasteiger partial charge in [0.15, 0.2) is 0 Å². The summed E-state index contributed by atoms with van der Waals surface area (Å²) in [6.45, 7) is 3.65. The fraction of sp³-hybridized carbons (Fsp3) is 0.400. The summed E-state index contributed by atoms with van der Waals surface area (Å²) in [4.78, 5) is 0. The fourth-order valence-corrected chi connectivity index (χ4v) is 1.32. The smallest absolute Gasteiger partial charge is 0.127 e. The first-order valence-corrected chi connectivity index (χ1v) is 4.20. The zero-order valence-corrected chi connectivity index (χ0v) is 8.16. The summed E-state index contributed by atoms with van der Waals surface area (Å²) < 4.78 is 5.10. The van der Waals surface area contributed by atoms with E-state index < -0.39 is 0 Å². The molecule has 13 heavy (non-hydrogen) atoms. The third-order valence-electron chi connectivity index (χ3n) is 2.05. The molecule has 0 saturated carbocycles. The van der Waals surface area contributed by atoms with E-state index in [1.165, 1.54) is 0 Å². The summed E-state index contributed by atoms with van der Waals surface area (Å²) in [5.74, 6) is 0.868. The van der Waals surface area contributed by atoms with Crippen molar-refractivity contribution in [3.8, 4) is 11.5 Å². The third kappa shape index (κ3) is 1.75. The minimum Gasteiger partial charge on any atom is -0.507 e.